The van der Waals surface area contributed by atoms with E-state index in [4.69, 9.17) is 4.74 Å². The molecule has 1 saturated heterocycles. The van der Waals surface area contributed by atoms with Crippen molar-refractivity contribution in [2.24, 2.45) is 0 Å². The highest BCUT2D eigenvalue weighted by molar-refractivity contribution is 7.22. The molecule has 5 rings (SSSR count). The molecule has 33 heavy (non-hydrogen) atoms. The van der Waals surface area contributed by atoms with Gasteiger partial charge in [-0.25, -0.2) is 4.98 Å². The van der Waals surface area contributed by atoms with E-state index in [1.54, 1.807) is 49.8 Å². The number of fused-ring (bicyclic) bond motifs is 1. The van der Waals surface area contributed by atoms with Crippen LogP contribution in [-0.4, -0.2) is 33.9 Å². The average Bonchev–Trinajstić information content (AvgIpc) is 3.37. The van der Waals surface area contributed by atoms with Crippen molar-refractivity contribution in [2.45, 2.75) is 13.0 Å². The summed E-state index contributed by atoms with van der Waals surface area (Å²) < 4.78 is 6.14. The first kappa shape index (κ1) is 20.8. The highest BCUT2D eigenvalue weighted by Gasteiger charge is 2.48. The van der Waals surface area contributed by atoms with Crippen LogP contribution < -0.4 is 9.64 Å². The topological polar surface area (TPSA) is 92.6 Å². The number of pyridine rings is 1. The van der Waals surface area contributed by atoms with Crippen molar-refractivity contribution in [1.29, 1.82) is 0 Å². The lowest BCUT2D eigenvalue weighted by atomic mass is 9.94. The van der Waals surface area contributed by atoms with Gasteiger partial charge in [0.2, 0.25) is 0 Å². The lowest BCUT2D eigenvalue weighted by Crippen LogP contribution is -2.29. The minimum atomic E-state index is -0.838. The van der Waals surface area contributed by atoms with Gasteiger partial charge in [0.25, 0.3) is 5.78 Å². The number of rotatable bonds is 4. The number of hydrogen-bond acceptors (Lipinski definition) is 7. The number of nitrogens with zero attached hydrogens (tertiary/aromatic N) is 3. The van der Waals surface area contributed by atoms with Gasteiger partial charge in [-0.05, 0) is 60.5 Å². The number of para-hydroxylation sites is 1. The molecule has 0 aliphatic carbocycles. The van der Waals surface area contributed by atoms with Crippen molar-refractivity contribution < 1.29 is 19.4 Å². The second-order valence-electron chi connectivity index (χ2n) is 7.59. The Morgan fingerprint density at radius 2 is 1.85 bits per heavy atom. The van der Waals surface area contributed by atoms with E-state index in [0.717, 1.165) is 10.2 Å². The third kappa shape index (κ3) is 3.44. The van der Waals surface area contributed by atoms with Crippen LogP contribution in [0.5, 0.6) is 5.75 Å². The van der Waals surface area contributed by atoms with E-state index in [1.807, 2.05) is 31.2 Å². The molecule has 1 unspecified atom stereocenters. The monoisotopic (exact) mass is 457 g/mol. The molecule has 7 nitrogen and oxygen atoms in total. The number of carbonyl (C=O) groups excluding carboxylic acids is 2. The van der Waals surface area contributed by atoms with Crippen LogP contribution in [0.25, 0.3) is 16.0 Å². The zero-order valence-corrected chi connectivity index (χ0v) is 18.7. The average molecular weight is 458 g/mol. The number of aryl methyl sites for hydroxylation is 1. The Hall–Kier alpha value is -4.04. The van der Waals surface area contributed by atoms with Crippen LogP contribution in [-0.2, 0) is 9.59 Å². The largest absolute Gasteiger partial charge is 0.507 e. The summed E-state index contributed by atoms with van der Waals surface area (Å²) in [5.74, 6) is -1.10. The van der Waals surface area contributed by atoms with Gasteiger partial charge in [0.05, 0.1) is 28.9 Å². The zero-order chi connectivity index (χ0) is 23.1. The normalized spacial score (nSPS) is 17.6. The Labute approximate surface area is 193 Å². The van der Waals surface area contributed by atoms with Crippen molar-refractivity contribution in [1.82, 2.24) is 9.97 Å². The standard InChI is InChI=1S/C25H19N3O4S/c1-14-13-16(32-2)7-8-17(14)22(29)20-21(15-9-11-26-12-10-15)28(24(31)23(20)30)25-27-18-5-3-4-6-19(18)33-25/h3-13,21,29H,1-2H3/b22-20+. The molecule has 0 spiro atoms. The number of aliphatic hydroxyl groups excluding tert-OH is 1. The van der Waals surface area contributed by atoms with Crippen molar-refractivity contribution in [3.8, 4) is 5.75 Å². The molecule has 1 aliphatic heterocycles. The molecule has 4 aromatic rings. The summed E-state index contributed by atoms with van der Waals surface area (Å²) in [6, 6.07) is 15.3. The molecule has 164 valence electrons. The maximum Gasteiger partial charge on any atom is 0.301 e. The van der Waals surface area contributed by atoms with Crippen molar-refractivity contribution >= 4 is 44.1 Å². The second kappa shape index (κ2) is 8.14. The Balaban J connectivity index is 1.73. The zero-order valence-electron chi connectivity index (χ0n) is 17.9. The molecule has 2 aromatic heterocycles. The molecular formula is C25H19N3O4S. The predicted octanol–water partition coefficient (Wildman–Crippen LogP) is 4.63. The van der Waals surface area contributed by atoms with Crippen LogP contribution in [0.1, 0.15) is 22.7 Å². The highest BCUT2D eigenvalue weighted by atomic mass is 32.1. The fourth-order valence-electron chi connectivity index (χ4n) is 4.03. The summed E-state index contributed by atoms with van der Waals surface area (Å²) in [6.45, 7) is 1.81. The Kier molecular flexibility index (Phi) is 5.14. The molecule has 0 saturated carbocycles. The van der Waals surface area contributed by atoms with E-state index >= 15 is 0 Å². The molecule has 1 aliphatic rings. The van der Waals surface area contributed by atoms with Crippen molar-refractivity contribution in [3.63, 3.8) is 0 Å². The molecule has 1 N–H and O–H groups in total. The number of carbonyl (C=O) groups is 2. The number of ketones is 1. The first-order valence-corrected chi connectivity index (χ1v) is 11.0. The van der Waals surface area contributed by atoms with Gasteiger partial charge in [-0.1, -0.05) is 23.5 Å². The number of methoxy groups -OCH3 is 1. The minimum Gasteiger partial charge on any atom is -0.507 e. The molecule has 0 radical (unpaired) electrons. The van der Waals surface area contributed by atoms with Crippen LogP contribution in [0.2, 0.25) is 0 Å². The SMILES string of the molecule is COc1ccc(/C(O)=C2\C(=O)C(=O)N(c3nc4ccccc4s3)C2c2ccncc2)c(C)c1. The van der Waals surface area contributed by atoms with Crippen LogP contribution in [0.3, 0.4) is 0 Å². The van der Waals surface area contributed by atoms with Gasteiger partial charge >= 0.3 is 5.91 Å². The van der Waals surface area contributed by atoms with Crippen molar-refractivity contribution in [3.05, 3.63) is 89.3 Å². The van der Waals surface area contributed by atoms with Crippen LogP contribution in [0, 0.1) is 6.92 Å². The molecular weight excluding hydrogens is 438 g/mol. The van der Waals surface area contributed by atoms with Gasteiger partial charge in [-0.3, -0.25) is 19.5 Å². The number of aromatic nitrogens is 2. The highest BCUT2D eigenvalue weighted by Crippen LogP contribution is 2.44. The smallest absolute Gasteiger partial charge is 0.301 e. The van der Waals surface area contributed by atoms with Gasteiger partial charge in [0.15, 0.2) is 5.13 Å². The van der Waals surface area contributed by atoms with E-state index in [1.165, 1.54) is 16.2 Å². The van der Waals surface area contributed by atoms with E-state index in [2.05, 4.69) is 9.97 Å². The summed E-state index contributed by atoms with van der Waals surface area (Å²) in [6.07, 6.45) is 3.18. The fourth-order valence-corrected chi connectivity index (χ4v) is 5.02. The summed E-state index contributed by atoms with van der Waals surface area (Å²) in [4.78, 5) is 36.5. The van der Waals surface area contributed by atoms with Gasteiger partial charge in [0, 0.05) is 18.0 Å². The summed E-state index contributed by atoms with van der Waals surface area (Å²) in [5, 5.41) is 11.7. The predicted molar refractivity (Wildman–Crippen MR) is 126 cm³/mol. The summed E-state index contributed by atoms with van der Waals surface area (Å²) in [5.41, 5.74) is 2.57. The number of anilines is 1. The van der Waals surface area contributed by atoms with Crippen molar-refractivity contribution in [2.75, 3.05) is 12.0 Å². The number of Topliss-reactive ketones (excluding diaryl/α,β-unsaturated/α-hetero) is 1. The van der Waals surface area contributed by atoms with Gasteiger partial charge in [-0.15, -0.1) is 0 Å². The molecule has 1 fully saturated rings. The van der Waals surface area contributed by atoms with E-state index in [9.17, 15) is 14.7 Å². The van der Waals surface area contributed by atoms with Crippen LogP contribution in [0.15, 0.2) is 72.6 Å². The third-order valence-electron chi connectivity index (χ3n) is 5.64. The number of hydrogen-bond donors (Lipinski definition) is 1. The fraction of sp³-hybridized carbons (Fsp3) is 0.120. The molecule has 2 aromatic carbocycles. The first-order chi connectivity index (χ1) is 16.0. The molecule has 0 bridgehead atoms. The maximum atomic E-state index is 13.3. The lowest BCUT2D eigenvalue weighted by Gasteiger charge is -2.23. The third-order valence-corrected chi connectivity index (χ3v) is 6.68. The van der Waals surface area contributed by atoms with Gasteiger partial charge in [0.1, 0.15) is 11.5 Å². The van der Waals surface area contributed by atoms with Crippen LogP contribution >= 0.6 is 11.3 Å². The second-order valence-corrected chi connectivity index (χ2v) is 8.60. The van der Waals surface area contributed by atoms with Gasteiger partial charge in [-0.2, -0.15) is 0 Å². The maximum absolute atomic E-state index is 13.3. The molecule has 8 heteroatoms. The first-order valence-electron chi connectivity index (χ1n) is 10.2. The van der Waals surface area contributed by atoms with E-state index in [0.29, 0.717) is 27.6 Å². The van der Waals surface area contributed by atoms with Crippen LogP contribution in [0.4, 0.5) is 5.13 Å². The summed E-state index contributed by atoms with van der Waals surface area (Å²) >= 11 is 1.32. The molecule has 3 heterocycles. The Morgan fingerprint density at radius 3 is 2.55 bits per heavy atom. The molecule has 1 atom stereocenters. The van der Waals surface area contributed by atoms with E-state index < -0.39 is 17.7 Å². The number of benzene rings is 2. The minimum absolute atomic E-state index is 0.0127. The Morgan fingerprint density at radius 1 is 1.09 bits per heavy atom. The lowest BCUT2D eigenvalue weighted by molar-refractivity contribution is -0.132. The summed E-state index contributed by atoms with van der Waals surface area (Å²) in [7, 11) is 1.56. The number of thiazole rings is 1. The molecule has 1 amide bonds. The Bertz CT molecular complexity index is 1400. The van der Waals surface area contributed by atoms with E-state index in [-0.39, 0.29) is 11.3 Å². The van der Waals surface area contributed by atoms with Gasteiger partial charge < -0.3 is 9.84 Å². The number of aliphatic hydroxyl groups is 1. The quantitative estimate of drug-likeness (QED) is 0.273. The number of ether oxygens (including phenoxy) is 1. The number of amides is 1.